The SMILES string of the molecule is Cc1cccc2c1C(=O)CC(C)(C)C(=O)N2. The van der Waals surface area contributed by atoms with E-state index in [1.807, 2.05) is 19.1 Å². The summed E-state index contributed by atoms with van der Waals surface area (Å²) in [6, 6.07) is 5.51. The van der Waals surface area contributed by atoms with Gasteiger partial charge in [-0.15, -0.1) is 0 Å². The molecular weight excluding hydrogens is 202 g/mol. The third kappa shape index (κ3) is 1.62. The van der Waals surface area contributed by atoms with Gasteiger partial charge in [-0.1, -0.05) is 26.0 Å². The summed E-state index contributed by atoms with van der Waals surface area (Å²) in [7, 11) is 0. The number of ketones is 1. The van der Waals surface area contributed by atoms with Crippen LogP contribution in [-0.2, 0) is 4.79 Å². The van der Waals surface area contributed by atoms with E-state index in [1.165, 1.54) is 0 Å². The second-order valence-electron chi connectivity index (χ2n) is 4.94. The molecule has 0 unspecified atom stereocenters. The number of carbonyl (C=O) groups is 2. The average Bonchev–Trinajstić information content (AvgIpc) is 2.23. The van der Waals surface area contributed by atoms with Gasteiger partial charge in [-0.05, 0) is 18.6 Å². The fourth-order valence-corrected chi connectivity index (χ4v) is 2.00. The van der Waals surface area contributed by atoms with Gasteiger partial charge in [0.15, 0.2) is 5.78 Å². The lowest BCUT2D eigenvalue weighted by Crippen LogP contribution is -2.30. The van der Waals surface area contributed by atoms with Crippen molar-refractivity contribution in [1.29, 1.82) is 0 Å². The Labute approximate surface area is 94.9 Å². The topological polar surface area (TPSA) is 46.2 Å². The molecule has 0 aromatic heterocycles. The molecule has 0 bridgehead atoms. The number of fused-ring (bicyclic) bond motifs is 1. The van der Waals surface area contributed by atoms with Gasteiger partial charge in [0, 0.05) is 12.0 Å². The molecule has 1 heterocycles. The van der Waals surface area contributed by atoms with E-state index in [2.05, 4.69) is 5.32 Å². The predicted molar refractivity (Wildman–Crippen MR) is 62.5 cm³/mol. The Balaban J connectivity index is 2.58. The molecule has 1 N–H and O–H groups in total. The molecular formula is C13H15NO2. The van der Waals surface area contributed by atoms with Crippen molar-refractivity contribution >= 4 is 17.4 Å². The number of aryl methyl sites for hydroxylation is 1. The zero-order chi connectivity index (χ0) is 11.9. The summed E-state index contributed by atoms with van der Waals surface area (Å²) in [4.78, 5) is 24.0. The van der Waals surface area contributed by atoms with Crippen LogP contribution in [0.25, 0.3) is 0 Å². The van der Waals surface area contributed by atoms with Gasteiger partial charge in [-0.3, -0.25) is 9.59 Å². The Bertz CT molecular complexity index is 475. The number of benzene rings is 1. The van der Waals surface area contributed by atoms with Gasteiger partial charge < -0.3 is 5.32 Å². The van der Waals surface area contributed by atoms with Gasteiger partial charge in [-0.25, -0.2) is 0 Å². The van der Waals surface area contributed by atoms with Crippen molar-refractivity contribution in [3.63, 3.8) is 0 Å². The molecule has 0 saturated carbocycles. The Morgan fingerprint density at radius 2 is 1.94 bits per heavy atom. The summed E-state index contributed by atoms with van der Waals surface area (Å²) in [5.74, 6) is -0.0540. The fourth-order valence-electron chi connectivity index (χ4n) is 2.00. The second-order valence-corrected chi connectivity index (χ2v) is 4.94. The van der Waals surface area contributed by atoms with Crippen LogP contribution >= 0.6 is 0 Å². The summed E-state index contributed by atoms with van der Waals surface area (Å²) >= 11 is 0. The summed E-state index contributed by atoms with van der Waals surface area (Å²) < 4.78 is 0. The number of amides is 1. The molecule has 2 rings (SSSR count). The van der Waals surface area contributed by atoms with Crippen molar-refractivity contribution in [3.05, 3.63) is 29.3 Å². The maximum absolute atomic E-state index is 12.1. The summed E-state index contributed by atoms with van der Waals surface area (Å²) in [5, 5.41) is 2.82. The lowest BCUT2D eigenvalue weighted by molar-refractivity contribution is -0.123. The first kappa shape index (κ1) is 10.9. The van der Waals surface area contributed by atoms with E-state index in [4.69, 9.17) is 0 Å². The minimum Gasteiger partial charge on any atom is -0.325 e. The van der Waals surface area contributed by atoms with Gasteiger partial charge in [0.05, 0.1) is 11.1 Å². The highest BCUT2D eigenvalue weighted by atomic mass is 16.2. The Morgan fingerprint density at radius 3 is 2.62 bits per heavy atom. The molecule has 0 spiro atoms. The highest BCUT2D eigenvalue weighted by molar-refractivity contribution is 6.11. The van der Waals surface area contributed by atoms with Crippen LogP contribution in [0.2, 0.25) is 0 Å². The summed E-state index contributed by atoms with van der Waals surface area (Å²) in [6.07, 6.45) is 0.261. The van der Waals surface area contributed by atoms with E-state index in [9.17, 15) is 9.59 Å². The number of Topliss-reactive ketones (excluding diaryl/α,β-unsaturated/α-hetero) is 1. The van der Waals surface area contributed by atoms with E-state index >= 15 is 0 Å². The lowest BCUT2D eigenvalue weighted by Gasteiger charge is -2.18. The molecule has 0 atom stereocenters. The first-order valence-corrected chi connectivity index (χ1v) is 5.36. The summed E-state index contributed by atoms with van der Waals surface area (Å²) in [5.41, 5.74) is 1.57. The van der Waals surface area contributed by atoms with Gasteiger partial charge >= 0.3 is 0 Å². The zero-order valence-electron chi connectivity index (χ0n) is 9.76. The molecule has 16 heavy (non-hydrogen) atoms. The molecule has 84 valence electrons. The monoisotopic (exact) mass is 217 g/mol. The van der Waals surface area contributed by atoms with Crippen LogP contribution in [0.1, 0.15) is 36.2 Å². The highest BCUT2D eigenvalue weighted by Crippen LogP contribution is 2.32. The average molecular weight is 217 g/mol. The van der Waals surface area contributed by atoms with E-state index < -0.39 is 5.41 Å². The van der Waals surface area contributed by atoms with E-state index in [0.29, 0.717) is 11.3 Å². The largest absolute Gasteiger partial charge is 0.325 e. The molecule has 1 aromatic rings. The number of hydrogen-bond acceptors (Lipinski definition) is 2. The lowest BCUT2D eigenvalue weighted by atomic mass is 9.85. The number of anilines is 1. The van der Waals surface area contributed by atoms with E-state index in [-0.39, 0.29) is 18.1 Å². The quantitative estimate of drug-likeness (QED) is 0.725. The molecule has 0 radical (unpaired) electrons. The molecule has 0 saturated heterocycles. The normalized spacial score (nSPS) is 18.7. The van der Waals surface area contributed by atoms with Crippen molar-refractivity contribution in [2.45, 2.75) is 27.2 Å². The summed E-state index contributed by atoms with van der Waals surface area (Å²) in [6.45, 7) is 5.48. The maximum Gasteiger partial charge on any atom is 0.230 e. The molecule has 3 nitrogen and oxygen atoms in total. The van der Waals surface area contributed by atoms with Crippen LogP contribution in [0.4, 0.5) is 5.69 Å². The molecule has 0 fully saturated rings. The maximum atomic E-state index is 12.1. The highest BCUT2D eigenvalue weighted by Gasteiger charge is 2.35. The number of hydrogen-bond donors (Lipinski definition) is 1. The molecule has 1 aliphatic heterocycles. The Hall–Kier alpha value is -1.64. The first-order valence-electron chi connectivity index (χ1n) is 5.36. The van der Waals surface area contributed by atoms with Gasteiger partial charge in [0.25, 0.3) is 0 Å². The van der Waals surface area contributed by atoms with Crippen molar-refractivity contribution < 1.29 is 9.59 Å². The standard InChI is InChI=1S/C13H15NO2/c1-8-5-4-6-9-11(8)10(15)7-13(2,3)12(16)14-9/h4-6H,7H2,1-3H3,(H,14,16). The third-order valence-corrected chi connectivity index (χ3v) is 3.02. The van der Waals surface area contributed by atoms with Crippen molar-refractivity contribution in [2.24, 2.45) is 5.41 Å². The zero-order valence-corrected chi connectivity index (χ0v) is 9.76. The van der Waals surface area contributed by atoms with Crippen LogP contribution in [0, 0.1) is 12.3 Å². The minimum atomic E-state index is -0.636. The fraction of sp³-hybridized carbons (Fsp3) is 0.385. The first-order chi connectivity index (χ1) is 7.42. The number of carbonyl (C=O) groups excluding carboxylic acids is 2. The Kier molecular flexibility index (Phi) is 2.34. The Morgan fingerprint density at radius 1 is 1.25 bits per heavy atom. The molecule has 0 aliphatic carbocycles. The van der Waals surface area contributed by atoms with Crippen molar-refractivity contribution in [3.8, 4) is 0 Å². The van der Waals surface area contributed by atoms with Crippen LogP contribution in [-0.4, -0.2) is 11.7 Å². The minimum absolute atomic E-state index is 0.0384. The predicted octanol–water partition coefficient (Wildman–Crippen LogP) is 2.55. The molecule has 1 amide bonds. The molecule has 1 aromatic carbocycles. The van der Waals surface area contributed by atoms with Gasteiger partial charge in [-0.2, -0.15) is 0 Å². The van der Waals surface area contributed by atoms with E-state index in [0.717, 1.165) is 5.56 Å². The van der Waals surface area contributed by atoms with Crippen LogP contribution in [0.3, 0.4) is 0 Å². The van der Waals surface area contributed by atoms with Crippen LogP contribution < -0.4 is 5.32 Å². The molecule has 1 aliphatic rings. The molecule has 3 heteroatoms. The van der Waals surface area contributed by atoms with Gasteiger partial charge in [0.1, 0.15) is 0 Å². The number of nitrogens with one attached hydrogen (secondary N) is 1. The third-order valence-electron chi connectivity index (χ3n) is 3.02. The van der Waals surface area contributed by atoms with Crippen molar-refractivity contribution in [1.82, 2.24) is 0 Å². The van der Waals surface area contributed by atoms with E-state index in [1.54, 1.807) is 19.9 Å². The van der Waals surface area contributed by atoms with Crippen LogP contribution in [0.15, 0.2) is 18.2 Å². The van der Waals surface area contributed by atoms with Crippen LogP contribution in [0.5, 0.6) is 0 Å². The van der Waals surface area contributed by atoms with Crippen molar-refractivity contribution in [2.75, 3.05) is 5.32 Å². The van der Waals surface area contributed by atoms with Gasteiger partial charge in [0.2, 0.25) is 5.91 Å². The smallest absolute Gasteiger partial charge is 0.230 e. The second kappa shape index (κ2) is 3.44. The number of rotatable bonds is 0.